The molecule has 4 rings (SSSR count). The molecule has 0 aliphatic heterocycles. The van der Waals surface area contributed by atoms with Crippen molar-refractivity contribution in [3.8, 4) is 0 Å². The SMILES string of the molecule is O=C(CCCc1cn(S(=O)(=O)c2cccc(F)c2)c2ccccc12)NCCCn1ccnc1. The molecule has 2 aromatic heterocycles. The second-order valence-corrected chi connectivity index (χ2v) is 9.60. The second-order valence-electron chi connectivity index (χ2n) is 7.79. The summed E-state index contributed by atoms with van der Waals surface area (Å²) in [4.78, 5) is 16.1. The number of hydrogen-bond acceptors (Lipinski definition) is 4. The van der Waals surface area contributed by atoms with Crippen molar-refractivity contribution in [2.45, 2.75) is 37.1 Å². The first-order valence-corrected chi connectivity index (χ1v) is 12.2. The molecule has 33 heavy (non-hydrogen) atoms. The van der Waals surface area contributed by atoms with E-state index in [2.05, 4.69) is 10.3 Å². The monoisotopic (exact) mass is 468 g/mol. The van der Waals surface area contributed by atoms with Gasteiger partial charge in [-0.3, -0.25) is 4.79 Å². The van der Waals surface area contributed by atoms with Crippen LogP contribution in [0.25, 0.3) is 10.9 Å². The van der Waals surface area contributed by atoms with Crippen LogP contribution in [0.2, 0.25) is 0 Å². The minimum absolute atomic E-state index is 0.0308. The number of aryl methyl sites for hydroxylation is 2. The Morgan fingerprint density at radius 2 is 1.94 bits per heavy atom. The molecule has 0 atom stereocenters. The second kappa shape index (κ2) is 9.99. The molecule has 2 heterocycles. The smallest absolute Gasteiger partial charge is 0.268 e. The van der Waals surface area contributed by atoms with E-state index in [0.29, 0.717) is 31.3 Å². The fourth-order valence-electron chi connectivity index (χ4n) is 3.79. The van der Waals surface area contributed by atoms with Gasteiger partial charge in [0.15, 0.2) is 0 Å². The number of aromatic nitrogens is 3. The number of halogens is 1. The molecule has 0 aliphatic rings. The summed E-state index contributed by atoms with van der Waals surface area (Å²) in [6.45, 7) is 1.38. The van der Waals surface area contributed by atoms with Gasteiger partial charge in [-0.25, -0.2) is 21.8 Å². The standard InChI is InChI=1S/C24H25FN4O3S/c25-20-7-4-8-21(16-20)33(31,32)29-17-19(22-9-1-2-10-23(22)29)6-3-11-24(30)27-12-5-14-28-15-13-26-18-28/h1-2,4,7-10,13,15-18H,3,5-6,11-12,14H2,(H,27,30). The quantitative estimate of drug-likeness (QED) is 0.359. The Kier molecular flexibility index (Phi) is 6.88. The third kappa shape index (κ3) is 5.31. The number of imidazole rings is 1. The van der Waals surface area contributed by atoms with Gasteiger partial charge in [-0.1, -0.05) is 24.3 Å². The lowest BCUT2D eigenvalue weighted by Gasteiger charge is -2.07. The molecule has 0 saturated heterocycles. The van der Waals surface area contributed by atoms with Crippen LogP contribution in [0, 0.1) is 5.82 Å². The van der Waals surface area contributed by atoms with Gasteiger partial charge in [-0.2, -0.15) is 0 Å². The number of carbonyl (C=O) groups is 1. The van der Waals surface area contributed by atoms with Gasteiger partial charge in [0, 0.05) is 43.5 Å². The highest BCUT2D eigenvalue weighted by Gasteiger charge is 2.21. The molecular formula is C24H25FN4O3S. The molecule has 0 unspecified atom stereocenters. The van der Waals surface area contributed by atoms with Gasteiger partial charge in [0.25, 0.3) is 10.0 Å². The Bertz CT molecular complexity index is 1350. The normalized spacial score (nSPS) is 11.7. The lowest BCUT2D eigenvalue weighted by atomic mass is 10.1. The Balaban J connectivity index is 1.40. The topological polar surface area (TPSA) is 86.0 Å². The molecule has 4 aromatic rings. The Labute approximate surface area is 191 Å². The molecule has 1 N–H and O–H groups in total. The van der Waals surface area contributed by atoms with Crippen molar-refractivity contribution in [1.29, 1.82) is 0 Å². The summed E-state index contributed by atoms with van der Waals surface area (Å²) < 4.78 is 43.1. The number of amides is 1. The molecule has 0 radical (unpaired) electrons. The molecule has 0 saturated carbocycles. The molecule has 0 spiro atoms. The van der Waals surface area contributed by atoms with E-state index in [1.165, 1.54) is 22.2 Å². The lowest BCUT2D eigenvalue weighted by molar-refractivity contribution is -0.121. The van der Waals surface area contributed by atoms with Crippen LogP contribution in [0.5, 0.6) is 0 Å². The van der Waals surface area contributed by atoms with E-state index >= 15 is 0 Å². The first kappa shape index (κ1) is 22.7. The van der Waals surface area contributed by atoms with Gasteiger partial charge in [-0.15, -0.1) is 0 Å². The largest absolute Gasteiger partial charge is 0.356 e. The van der Waals surface area contributed by atoms with Crippen LogP contribution in [-0.2, 0) is 27.8 Å². The van der Waals surface area contributed by atoms with Gasteiger partial charge in [0.05, 0.1) is 16.7 Å². The van der Waals surface area contributed by atoms with E-state index in [1.807, 2.05) is 22.9 Å². The van der Waals surface area contributed by atoms with Gasteiger partial charge < -0.3 is 9.88 Å². The van der Waals surface area contributed by atoms with Crippen LogP contribution in [-0.4, -0.2) is 34.4 Å². The maximum atomic E-state index is 13.6. The zero-order chi connectivity index (χ0) is 23.3. The third-order valence-corrected chi connectivity index (χ3v) is 7.11. The Hall–Kier alpha value is -3.46. The lowest BCUT2D eigenvalue weighted by Crippen LogP contribution is -2.24. The van der Waals surface area contributed by atoms with Crippen LogP contribution in [0.15, 0.2) is 78.3 Å². The van der Waals surface area contributed by atoms with Gasteiger partial charge in [0.1, 0.15) is 5.82 Å². The molecule has 9 heteroatoms. The number of benzene rings is 2. The summed E-state index contributed by atoms with van der Waals surface area (Å²) >= 11 is 0. The summed E-state index contributed by atoms with van der Waals surface area (Å²) in [7, 11) is -3.95. The molecule has 172 valence electrons. The summed E-state index contributed by atoms with van der Waals surface area (Å²) in [5.74, 6) is -0.638. The number of para-hydroxylation sites is 1. The third-order valence-electron chi connectivity index (χ3n) is 5.44. The zero-order valence-electron chi connectivity index (χ0n) is 18.0. The minimum Gasteiger partial charge on any atom is -0.356 e. The number of nitrogens with zero attached hydrogens (tertiary/aromatic N) is 3. The highest BCUT2D eigenvalue weighted by Crippen LogP contribution is 2.27. The van der Waals surface area contributed by atoms with E-state index < -0.39 is 15.8 Å². The van der Waals surface area contributed by atoms with Crippen molar-refractivity contribution in [3.05, 3.63) is 84.8 Å². The minimum atomic E-state index is -3.95. The van der Waals surface area contributed by atoms with Crippen LogP contribution in [0.1, 0.15) is 24.8 Å². The van der Waals surface area contributed by atoms with Gasteiger partial charge in [-0.05, 0) is 49.1 Å². The Morgan fingerprint density at radius 1 is 1.09 bits per heavy atom. The van der Waals surface area contributed by atoms with Crippen molar-refractivity contribution in [3.63, 3.8) is 0 Å². The van der Waals surface area contributed by atoms with Crippen LogP contribution < -0.4 is 5.32 Å². The molecule has 0 fully saturated rings. The van der Waals surface area contributed by atoms with E-state index in [9.17, 15) is 17.6 Å². The Morgan fingerprint density at radius 3 is 2.73 bits per heavy atom. The van der Waals surface area contributed by atoms with Crippen molar-refractivity contribution in [1.82, 2.24) is 18.8 Å². The maximum Gasteiger partial charge on any atom is 0.268 e. The first-order chi connectivity index (χ1) is 15.9. The number of hydrogen-bond donors (Lipinski definition) is 1. The molecule has 7 nitrogen and oxygen atoms in total. The number of fused-ring (bicyclic) bond motifs is 1. The maximum absolute atomic E-state index is 13.6. The number of rotatable bonds is 10. The van der Waals surface area contributed by atoms with Gasteiger partial charge >= 0.3 is 0 Å². The predicted molar refractivity (Wildman–Crippen MR) is 124 cm³/mol. The van der Waals surface area contributed by atoms with Crippen LogP contribution in [0.3, 0.4) is 0 Å². The zero-order valence-corrected chi connectivity index (χ0v) is 18.8. The molecular weight excluding hydrogens is 443 g/mol. The summed E-state index contributed by atoms with van der Waals surface area (Å²) in [6.07, 6.45) is 9.22. The van der Waals surface area contributed by atoms with Crippen molar-refractivity contribution >= 4 is 26.8 Å². The molecule has 0 aliphatic carbocycles. The van der Waals surface area contributed by atoms with E-state index in [4.69, 9.17) is 0 Å². The number of nitrogens with one attached hydrogen (secondary N) is 1. The average Bonchev–Trinajstić information content (AvgIpc) is 3.45. The highest BCUT2D eigenvalue weighted by atomic mass is 32.2. The first-order valence-electron chi connectivity index (χ1n) is 10.8. The molecule has 1 amide bonds. The fraction of sp³-hybridized carbons (Fsp3) is 0.250. The van der Waals surface area contributed by atoms with Crippen LogP contribution in [0.4, 0.5) is 4.39 Å². The fourth-order valence-corrected chi connectivity index (χ4v) is 5.22. The van der Waals surface area contributed by atoms with E-state index in [-0.39, 0.29) is 10.8 Å². The van der Waals surface area contributed by atoms with Gasteiger partial charge in [0.2, 0.25) is 5.91 Å². The average molecular weight is 469 g/mol. The van der Waals surface area contributed by atoms with E-state index in [0.717, 1.165) is 30.0 Å². The summed E-state index contributed by atoms with van der Waals surface area (Å²) in [6, 6.07) is 12.2. The number of carbonyl (C=O) groups excluding carboxylic acids is 1. The summed E-state index contributed by atoms with van der Waals surface area (Å²) in [5.41, 5.74) is 1.36. The van der Waals surface area contributed by atoms with E-state index in [1.54, 1.807) is 30.9 Å². The highest BCUT2D eigenvalue weighted by molar-refractivity contribution is 7.90. The predicted octanol–water partition coefficient (Wildman–Crippen LogP) is 3.74. The van der Waals surface area contributed by atoms with Crippen molar-refractivity contribution < 1.29 is 17.6 Å². The molecule has 2 aromatic carbocycles. The molecule has 0 bridgehead atoms. The van der Waals surface area contributed by atoms with Crippen LogP contribution >= 0.6 is 0 Å². The van der Waals surface area contributed by atoms with Crippen molar-refractivity contribution in [2.24, 2.45) is 0 Å². The van der Waals surface area contributed by atoms with Crippen molar-refractivity contribution in [2.75, 3.05) is 6.54 Å². The summed E-state index contributed by atoms with van der Waals surface area (Å²) in [5, 5.41) is 3.72.